The molecule has 0 aliphatic rings. The van der Waals surface area contributed by atoms with E-state index in [1.165, 1.54) is 17.7 Å². The van der Waals surface area contributed by atoms with Gasteiger partial charge in [0.2, 0.25) is 10.0 Å². The van der Waals surface area contributed by atoms with Crippen molar-refractivity contribution in [2.75, 3.05) is 6.54 Å². The summed E-state index contributed by atoms with van der Waals surface area (Å²) in [7, 11) is -3.78. The van der Waals surface area contributed by atoms with E-state index < -0.39 is 15.6 Å². The number of benzene rings is 3. The standard InChI is InChI=1S/C30H37BrN2O4S/c1-8-33(29(34)26-17-25(12-13-27(26)31)38(35,36)32-30(5,6)7)18-24-15-21(3)28(22(4)16-24)37-19-23-11-9-10-20(2)14-23/h9-17,32H,8,18-19H2,1-7H3. The van der Waals surface area contributed by atoms with E-state index in [9.17, 15) is 13.2 Å². The third-order valence-electron chi connectivity index (χ3n) is 5.95. The highest BCUT2D eigenvalue weighted by atomic mass is 79.9. The summed E-state index contributed by atoms with van der Waals surface area (Å²) in [5.41, 5.74) is 4.94. The Labute approximate surface area is 235 Å². The lowest BCUT2D eigenvalue weighted by Crippen LogP contribution is -2.40. The van der Waals surface area contributed by atoms with Crippen LogP contribution in [-0.4, -0.2) is 31.3 Å². The average molecular weight is 602 g/mol. The molecule has 6 nitrogen and oxygen atoms in total. The summed E-state index contributed by atoms with van der Waals surface area (Å²) in [4.78, 5) is 15.3. The highest BCUT2D eigenvalue weighted by Gasteiger charge is 2.25. The third-order valence-corrected chi connectivity index (χ3v) is 8.39. The molecule has 0 spiro atoms. The van der Waals surface area contributed by atoms with Crippen molar-refractivity contribution in [2.45, 2.75) is 72.1 Å². The van der Waals surface area contributed by atoms with Gasteiger partial charge in [0, 0.05) is 23.1 Å². The molecule has 0 saturated carbocycles. The van der Waals surface area contributed by atoms with Crippen molar-refractivity contribution in [1.82, 2.24) is 9.62 Å². The quantitative estimate of drug-likeness (QED) is 0.297. The molecule has 0 fully saturated rings. The summed E-state index contributed by atoms with van der Waals surface area (Å²) in [6, 6.07) is 16.9. The molecule has 38 heavy (non-hydrogen) atoms. The van der Waals surface area contributed by atoms with Crippen molar-refractivity contribution >= 4 is 31.9 Å². The normalized spacial score (nSPS) is 11.9. The molecule has 1 N–H and O–H groups in total. The topological polar surface area (TPSA) is 75.7 Å². The van der Waals surface area contributed by atoms with Crippen LogP contribution in [0.2, 0.25) is 0 Å². The highest BCUT2D eigenvalue weighted by Crippen LogP contribution is 2.28. The first-order valence-corrected chi connectivity index (χ1v) is 14.9. The summed E-state index contributed by atoms with van der Waals surface area (Å²) in [6.45, 7) is 14.6. The minimum absolute atomic E-state index is 0.0526. The van der Waals surface area contributed by atoms with E-state index in [0.29, 0.717) is 29.7 Å². The lowest BCUT2D eigenvalue weighted by atomic mass is 10.0. The summed E-state index contributed by atoms with van der Waals surface area (Å²) in [6.07, 6.45) is 0. The van der Waals surface area contributed by atoms with Gasteiger partial charge in [-0.25, -0.2) is 13.1 Å². The summed E-state index contributed by atoms with van der Waals surface area (Å²) >= 11 is 3.44. The molecule has 0 unspecified atom stereocenters. The maximum atomic E-state index is 13.5. The molecule has 0 heterocycles. The maximum absolute atomic E-state index is 13.5. The van der Waals surface area contributed by atoms with Gasteiger partial charge in [-0.3, -0.25) is 4.79 Å². The molecule has 1 amide bonds. The van der Waals surface area contributed by atoms with Gasteiger partial charge in [-0.05, 0) is 105 Å². The van der Waals surface area contributed by atoms with E-state index in [1.54, 1.807) is 31.7 Å². The second-order valence-corrected chi connectivity index (χ2v) is 13.2. The Morgan fingerprint density at radius 2 is 1.63 bits per heavy atom. The molecule has 0 atom stereocenters. The molecule has 0 bridgehead atoms. The molecule has 0 saturated heterocycles. The van der Waals surface area contributed by atoms with Gasteiger partial charge in [0.05, 0.1) is 10.5 Å². The Hall–Kier alpha value is -2.68. The molecule has 8 heteroatoms. The number of carbonyl (C=O) groups is 1. The summed E-state index contributed by atoms with van der Waals surface area (Å²) in [5, 5.41) is 0. The number of ether oxygens (including phenoxy) is 1. The lowest BCUT2D eigenvalue weighted by Gasteiger charge is -2.24. The van der Waals surface area contributed by atoms with Gasteiger partial charge in [0.15, 0.2) is 0 Å². The first-order valence-electron chi connectivity index (χ1n) is 12.6. The van der Waals surface area contributed by atoms with Crippen molar-refractivity contribution in [3.8, 4) is 5.75 Å². The minimum atomic E-state index is -3.78. The van der Waals surface area contributed by atoms with Gasteiger partial charge >= 0.3 is 0 Å². The number of nitrogens with one attached hydrogen (secondary N) is 1. The predicted octanol–water partition coefficient (Wildman–Crippen LogP) is 6.69. The number of rotatable bonds is 9. The smallest absolute Gasteiger partial charge is 0.255 e. The van der Waals surface area contributed by atoms with Crippen LogP contribution in [0.5, 0.6) is 5.75 Å². The SMILES string of the molecule is CCN(Cc1cc(C)c(OCc2cccc(C)c2)c(C)c1)C(=O)c1cc(S(=O)(=O)NC(C)(C)C)ccc1Br. The van der Waals surface area contributed by atoms with Crippen molar-refractivity contribution in [3.63, 3.8) is 0 Å². The zero-order chi connectivity index (χ0) is 28.3. The van der Waals surface area contributed by atoms with E-state index in [1.807, 2.05) is 45.0 Å². The molecule has 0 radical (unpaired) electrons. The van der Waals surface area contributed by atoms with Crippen LogP contribution in [0, 0.1) is 20.8 Å². The van der Waals surface area contributed by atoms with Crippen LogP contribution >= 0.6 is 15.9 Å². The fourth-order valence-corrected chi connectivity index (χ4v) is 6.19. The number of hydrogen-bond acceptors (Lipinski definition) is 4. The van der Waals surface area contributed by atoms with Crippen LogP contribution < -0.4 is 9.46 Å². The van der Waals surface area contributed by atoms with Crippen LogP contribution in [0.1, 0.15) is 65.9 Å². The van der Waals surface area contributed by atoms with Crippen molar-refractivity contribution in [1.29, 1.82) is 0 Å². The lowest BCUT2D eigenvalue weighted by molar-refractivity contribution is 0.0751. The van der Waals surface area contributed by atoms with Crippen LogP contribution in [-0.2, 0) is 23.2 Å². The predicted molar refractivity (Wildman–Crippen MR) is 156 cm³/mol. The minimum Gasteiger partial charge on any atom is -0.488 e. The largest absolute Gasteiger partial charge is 0.488 e. The van der Waals surface area contributed by atoms with Gasteiger partial charge in [-0.2, -0.15) is 0 Å². The molecule has 0 aliphatic carbocycles. The van der Waals surface area contributed by atoms with Gasteiger partial charge < -0.3 is 9.64 Å². The van der Waals surface area contributed by atoms with Crippen molar-refractivity contribution in [3.05, 3.63) is 92.5 Å². The van der Waals surface area contributed by atoms with E-state index in [0.717, 1.165) is 28.0 Å². The summed E-state index contributed by atoms with van der Waals surface area (Å²) < 4.78 is 35.1. The van der Waals surface area contributed by atoms with Crippen molar-refractivity contribution in [2.24, 2.45) is 0 Å². The average Bonchev–Trinajstić information content (AvgIpc) is 2.80. The zero-order valence-electron chi connectivity index (χ0n) is 23.2. The fourth-order valence-electron chi connectivity index (χ4n) is 4.33. The van der Waals surface area contributed by atoms with E-state index in [2.05, 4.69) is 39.7 Å². The number of amides is 1. The number of aryl methyl sites for hydroxylation is 3. The maximum Gasteiger partial charge on any atom is 0.255 e. The number of nitrogens with zero attached hydrogens (tertiary/aromatic N) is 1. The van der Waals surface area contributed by atoms with Gasteiger partial charge in [0.1, 0.15) is 12.4 Å². The fraction of sp³-hybridized carbons (Fsp3) is 0.367. The number of hydrogen-bond donors (Lipinski definition) is 1. The van der Waals surface area contributed by atoms with Gasteiger partial charge in [-0.15, -0.1) is 0 Å². The first-order chi connectivity index (χ1) is 17.7. The van der Waals surface area contributed by atoms with Crippen LogP contribution in [0.15, 0.2) is 64.0 Å². The molecule has 0 aromatic heterocycles. The van der Waals surface area contributed by atoms with E-state index >= 15 is 0 Å². The second kappa shape index (κ2) is 12.0. The Morgan fingerprint density at radius 3 is 2.21 bits per heavy atom. The molecule has 3 aromatic rings. The molecule has 3 rings (SSSR count). The first kappa shape index (κ1) is 29.9. The van der Waals surface area contributed by atoms with Crippen LogP contribution in [0.25, 0.3) is 0 Å². The van der Waals surface area contributed by atoms with E-state index in [-0.39, 0.29) is 10.8 Å². The van der Waals surface area contributed by atoms with Crippen LogP contribution in [0.4, 0.5) is 0 Å². The Morgan fingerprint density at radius 1 is 0.974 bits per heavy atom. The molecule has 0 aliphatic heterocycles. The molecule has 3 aromatic carbocycles. The Balaban J connectivity index is 1.81. The second-order valence-electron chi connectivity index (χ2n) is 10.7. The van der Waals surface area contributed by atoms with E-state index in [4.69, 9.17) is 4.74 Å². The Kier molecular flexibility index (Phi) is 9.44. The monoisotopic (exact) mass is 600 g/mol. The zero-order valence-corrected chi connectivity index (χ0v) is 25.6. The van der Waals surface area contributed by atoms with Gasteiger partial charge in [0.25, 0.3) is 5.91 Å². The van der Waals surface area contributed by atoms with Crippen molar-refractivity contribution < 1.29 is 17.9 Å². The molecular formula is C30H37BrN2O4S. The van der Waals surface area contributed by atoms with Gasteiger partial charge in [-0.1, -0.05) is 42.0 Å². The number of sulfonamides is 1. The molecule has 204 valence electrons. The highest BCUT2D eigenvalue weighted by molar-refractivity contribution is 9.10. The summed E-state index contributed by atoms with van der Waals surface area (Å²) in [5.74, 6) is 0.596. The number of carbonyl (C=O) groups excluding carboxylic acids is 1. The number of halogens is 1. The third kappa shape index (κ3) is 7.68. The molecular weight excluding hydrogens is 564 g/mol. The van der Waals surface area contributed by atoms with Crippen LogP contribution in [0.3, 0.4) is 0 Å². The Bertz CT molecular complexity index is 1410.